The van der Waals surface area contributed by atoms with Crippen LogP contribution in [0.3, 0.4) is 0 Å². The Morgan fingerprint density at radius 2 is 2.05 bits per heavy atom. The highest BCUT2D eigenvalue weighted by Gasteiger charge is 2.40. The Kier molecular flexibility index (Phi) is 5.40. The standard InChI is InChI=1S/C13H27NO4Si/c1-13(2,3)19(4,5)18-11-7-6-10(17-9-11)8-14-12(15)16/h10-11,14H,6-9H2,1-5H3,(H,15,16)/t10-,11-/m1/s1. The molecule has 0 radical (unpaired) electrons. The zero-order valence-corrected chi connectivity index (χ0v) is 13.7. The molecule has 0 unspecified atom stereocenters. The van der Waals surface area contributed by atoms with Crippen LogP contribution in [0.4, 0.5) is 4.79 Å². The lowest BCUT2D eigenvalue weighted by atomic mass is 10.1. The Balaban J connectivity index is 2.36. The Morgan fingerprint density at radius 1 is 1.42 bits per heavy atom. The van der Waals surface area contributed by atoms with Crippen LogP contribution in [0.2, 0.25) is 18.1 Å². The Labute approximate surface area is 116 Å². The van der Waals surface area contributed by atoms with E-state index in [4.69, 9.17) is 14.3 Å². The Bertz CT molecular complexity index is 306. The predicted molar refractivity (Wildman–Crippen MR) is 77.1 cm³/mol. The maximum Gasteiger partial charge on any atom is 0.404 e. The van der Waals surface area contributed by atoms with Gasteiger partial charge in [-0.05, 0) is 31.0 Å². The summed E-state index contributed by atoms with van der Waals surface area (Å²) in [5.74, 6) is 0. The van der Waals surface area contributed by atoms with Gasteiger partial charge in [0.15, 0.2) is 8.32 Å². The predicted octanol–water partition coefficient (Wildman–Crippen LogP) is 2.82. The van der Waals surface area contributed by atoms with Crippen molar-refractivity contribution in [2.45, 2.75) is 64.0 Å². The lowest BCUT2D eigenvalue weighted by Gasteiger charge is -2.41. The summed E-state index contributed by atoms with van der Waals surface area (Å²) in [6.45, 7) is 12.1. The van der Waals surface area contributed by atoms with Crippen LogP contribution in [0.1, 0.15) is 33.6 Å². The molecule has 6 heteroatoms. The minimum atomic E-state index is -1.74. The third-order valence-electron chi connectivity index (χ3n) is 4.08. The fraction of sp³-hybridized carbons (Fsp3) is 0.923. The summed E-state index contributed by atoms with van der Waals surface area (Å²) in [7, 11) is -1.74. The third-order valence-corrected chi connectivity index (χ3v) is 8.61. The quantitative estimate of drug-likeness (QED) is 0.781. The van der Waals surface area contributed by atoms with E-state index in [9.17, 15) is 4.79 Å². The first kappa shape index (κ1) is 16.5. The summed E-state index contributed by atoms with van der Waals surface area (Å²) in [6, 6.07) is 0. The summed E-state index contributed by atoms with van der Waals surface area (Å²) in [5.41, 5.74) is 0. The first-order chi connectivity index (χ1) is 8.62. The summed E-state index contributed by atoms with van der Waals surface area (Å²) < 4.78 is 12.0. The van der Waals surface area contributed by atoms with Crippen molar-refractivity contribution >= 4 is 14.4 Å². The van der Waals surface area contributed by atoms with Gasteiger partial charge in [0.25, 0.3) is 0 Å². The van der Waals surface area contributed by atoms with Gasteiger partial charge in [0.2, 0.25) is 0 Å². The van der Waals surface area contributed by atoms with Crippen molar-refractivity contribution in [3.05, 3.63) is 0 Å². The monoisotopic (exact) mass is 289 g/mol. The molecule has 1 amide bonds. The molecule has 2 N–H and O–H groups in total. The normalized spacial score (nSPS) is 25.1. The number of carboxylic acid groups (broad SMARTS) is 1. The number of ether oxygens (including phenoxy) is 1. The summed E-state index contributed by atoms with van der Waals surface area (Å²) in [5, 5.41) is 11.1. The number of amides is 1. The zero-order chi connectivity index (χ0) is 14.7. The van der Waals surface area contributed by atoms with Crippen LogP contribution in [0.25, 0.3) is 0 Å². The average molecular weight is 289 g/mol. The highest BCUT2D eigenvalue weighted by molar-refractivity contribution is 6.74. The molecule has 0 aromatic heterocycles. The van der Waals surface area contributed by atoms with E-state index in [0.717, 1.165) is 12.8 Å². The van der Waals surface area contributed by atoms with Crippen molar-refractivity contribution in [3.63, 3.8) is 0 Å². The van der Waals surface area contributed by atoms with Crippen molar-refractivity contribution in [2.75, 3.05) is 13.2 Å². The highest BCUT2D eigenvalue weighted by atomic mass is 28.4. The van der Waals surface area contributed by atoms with Gasteiger partial charge in [-0.25, -0.2) is 4.79 Å². The van der Waals surface area contributed by atoms with Gasteiger partial charge in [0.1, 0.15) is 0 Å². The molecular weight excluding hydrogens is 262 g/mol. The van der Waals surface area contributed by atoms with Gasteiger partial charge in [-0.15, -0.1) is 0 Å². The van der Waals surface area contributed by atoms with Gasteiger partial charge in [0.05, 0.1) is 18.8 Å². The molecule has 1 rings (SSSR count). The smallest absolute Gasteiger partial charge is 0.404 e. The molecule has 19 heavy (non-hydrogen) atoms. The van der Waals surface area contributed by atoms with E-state index in [2.05, 4.69) is 39.2 Å². The number of hydrogen-bond acceptors (Lipinski definition) is 3. The molecule has 112 valence electrons. The van der Waals surface area contributed by atoms with Gasteiger partial charge in [-0.2, -0.15) is 0 Å². The SMILES string of the molecule is CC(C)(C)[Si](C)(C)O[C@@H]1CC[C@H](CNC(=O)O)OC1. The molecule has 1 aliphatic rings. The second kappa shape index (κ2) is 6.24. The van der Waals surface area contributed by atoms with E-state index >= 15 is 0 Å². The van der Waals surface area contributed by atoms with Crippen molar-refractivity contribution in [3.8, 4) is 0 Å². The van der Waals surface area contributed by atoms with Crippen molar-refractivity contribution in [1.29, 1.82) is 0 Å². The van der Waals surface area contributed by atoms with Gasteiger partial charge < -0.3 is 19.6 Å². The number of hydrogen-bond donors (Lipinski definition) is 2. The topological polar surface area (TPSA) is 67.8 Å². The number of rotatable bonds is 4. The third kappa shape index (κ3) is 5.12. The van der Waals surface area contributed by atoms with E-state index in [1.165, 1.54) is 0 Å². The first-order valence-corrected chi connectivity index (χ1v) is 9.79. The van der Waals surface area contributed by atoms with Crippen LogP contribution >= 0.6 is 0 Å². The molecule has 2 atom stereocenters. The minimum Gasteiger partial charge on any atom is -0.465 e. The molecule has 5 nitrogen and oxygen atoms in total. The molecule has 0 aromatic rings. The summed E-state index contributed by atoms with van der Waals surface area (Å²) in [6.07, 6.45) is 0.929. The molecule has 1 heterocycles. The van der Waals surface area contributed by atoms with Gasteiger partial charge in [0, 0.05) is 6.54 Å². The van der Waals surface area contributed by atoms with Crippen LogP contribution in [0.5, 0.6) is 0 Å². The van der Waals surface area contributed by atoms with E-state index in [1.54, 1.807) is 0 Å². The van der Waals surface area contributed by atoms with Crippen molar-refractivity contribution in [1.82, 2.24) is 5.32 Å². The van der Waals surface area contributed by atoms with Crippen LogP contribution in [0.15, 0.2) is 0 Å². The number of carbonyl (C=O) groups is 1. The van der Waals surface area contributed by atoms with Crippen LogP contribution in [-0.4, -0.2) is 44.9 Å². The van der Waals surface area contributed by atoms with Crippen molar-refractivity contribution in [2.24, 2.45) is 0 Å². The first-order valence-electron chi connectivity index (χ1n) is 6.88. The molecular formula is C13H27NO4Si. The van der Waals surface area contributed by atoms with E-state index in [-0.39, 0.29) is 17.2 Å². The lowest BCUT2D eigenvalue weighted by molar-refractivity contribution is -0.0482. The van der Waals surface area contributed by atoms with Crippen LogP contribution in [0, 0.1) is 0 Å². The fourth-order valence-electron chi connectivity index (χ4n) is 1.83. The molecule has 1 saturated heterocycles. The molecule has 0 bridgehead atoms. The fourth-order valence-corrected chi connectivity index (χ4v) is 3.20. The highest BCUT2D eigenvalue weighted by Crippen LogP contribution is 2.38. The second-order valence-electron chi connectivity index (χ2n) is 6.72. The van der Waals surface area contributed by atoms with Crippen LogP contribution in [-0.2, 0) is 9.16 Å². The largest absolute Gasteiger partial charge is 0.465 e. The van der Waals surface area contributed by atoms with Crippen molar-refractivity contribution < 1.29 is 19.1 Å². The molecule has 1 aliphatic heterocycles. The van der Waals surface area contributed by atoms with Gasteiger partial charge in [-0.3, -0.25) is 0 Å². The molecule has 1 fully saturated rings. The van der Waals surface area contributed by atoms with Gasteiger partial charge >= 0.3 is 6.09 Å². The number of nitrogens with one attached hydrogen (secondary N) is 1. The minimum absolute atomic E-state index is 0.0182. The average Bonchev–Trinajstić information content (AvgIpc) is 2.26. The molecule has 0 aromatic carbocycles. The maximum atomic E-state index is 10.4. The Morgan fingerprint density at radius 3 is 2.47 bits per heavy atom. The van der Waals surface area contributed by atoms with E-state index in [0.29, 0.717) is 13.2 Å². The lowest BCUT2D eigenvalue weighted by Crippen LogP contribution is -2.47. The summed E-state index contributed by atoms with van der Waals surface area (Å²) in [4.78, 5) is 10.4. The Hall–Kier alpha value is -0.593. The summed E-state index contributed by atoms with van der Waals surface area (Å²) >= 11 is 0. The van der Waals surface area contributed by atoms with Crippen LogP contribution < -0.4 is 5.32 Å². The van der Waals surface area contributed by atoms with Gasteiger partial charge in [-0.1, -0.05) is 20.8 Å². The maximum absolute atomic E-state index is 10.4. The zero-order valence-electron chi connectivity index (χ0n) is 12.7. The second-order valence-corrected chi connectivity index (χ2v) is 11.5. The van der Waals surface area contributed by atoms with E-state index < -0.39 is 14.4 Å². The molecule has 0 spiro atoms. The van der Waals surface area contributed by atoms with E-state index in [1.807, 2.05) is 0 Å². The molecule has 0 aliphatic carbocycles. The molecule has 0 saturated carbocycles.